The number of hydrogen-bond donors (Lipinski definition) is 1. The number of carbonyl (C=O) groups is 1. The minimum Gasteiger partial charge on any atom is -0.477 e. The molecular formula is C28H25ClF3N5O4. The van der Waals surface area contributed by atoms with Gasteiger partial charge in [-0.2, -0.15) is 13.2 Å². The van der Waals surface area contributed by atoms with Crippen molar-refractivity contribution in [2.45, 2.75) is 51.4 Å². The second kappa shape index (κ2) is 10.9. The van der Waals surface area contributed by atoms with Gasteiger partial charge in [0.15, 0.2) is 11.3 Å². The third kappa shape index (κ3) is 5.85. The zero-order valence-electron chi connectivity index (χ0n) is 21.7. The molecule has 5 heterocycles. The molecule has 3 aromatic heterocycles. The fourth-order valence-electron chi connectivity index (χ4n) is 4.99. The van der Waals surface area contributed by atoms with Crippen molar-refractivity contribution >= 4 is 28.7 Å². The molecule has 1 aromatic carbocycles. The number of aromatic carboxylic acids is 1. The number of pyridine rings is 2. The molecule has 13 heteroatoms. The van der Waals surface area contributed by atoms with Crippen LogP contribution in [-0.4, -0.2) is 54.8 Å². The summed E-state index contributed by atoms with van der Waals surface area (Å²) in [5, 5.41) is 9.94. The van der Waals surface area contributed by atoms with E-state index in [1.165, 1.54) is 6.07 Å². The van der Waals surface area contributed by atoms with Crippen LogP contribution in [0.25, 0.3) is 11.2 Å². The number of carboxylic acid groups (broad SMARTS) is 1. The number of halogens is 4. The van der Waals surface area contributed by atoms with Crippen molar-refractivity contribution < 1.29 is 32.5 Å². The highest BCUT2D eigenvalue weighted by Gasteiger charge is 2.37. The normalized spacial score (nSPS) is 17.3. The maximum Gasteiger partial charge on any atom is 0.421 e. The smallest absolute Gasteiger partial charge is 0.421 e. The third-order valence-corrected chi connectivity index (χ3v) is 7.51. The van der Waals surface area contributed by atoms with E-state index in [1.807, 2.05) is 9.47 Å². The Balaban J connectivity index is 1.27. The van der Waals surface area contributed by atoms with E-state index < -0.39 is 23.6 Å². The summed E-state index contributed by atoms with van der Waals surface area (Å²) in [5.41, 5.74) is 1.73. The highest BCUT2D eigenvalue weighted by molar-refractivity contribution is 6.30. The monoisotopic (exact) mass is 587 g/mol. The van der Waals surface area contributed by atoms with Gasteiger partial charge in [-0.25, -0.2) is 19.7 Å². The Morgan fingerprint density at radius 3 is 2.61 bits per heavy atom. The standard InChI is InChI=1S/C28H25ClF3N5O4/c29-18-3-1-16(2-4-18)15-41-26-20(28(30,31)32)11-17-7-9-36(13-23(17)35-26)14-24-33-21-5-6-22(27(38)39)34-25(21)37(24)12-19-8-10-40-19/h1-6,11,19H,7-10,12-15H2,(H,38,39)/t19-/m0/s1. The second-order valence-electron chi connectivity index (χ2n) is 10.1. The van der Waals surface area contributed by atoms with Crippen LogP contribution in [-0.2, 0) is 43.6 Å². The Kier molecular flexibility index (Phi) is 7.30. The molecule has 0 spiro atoms. The molecule has 214 valence electrons. The SMILES string of the molecule is O=C(O)c1ccc2nc(CN3CCc4cc(C(F)(F)F)c(OCc5ccc(Cl)cc5)nc4C3)n(C[C@@H]3CCO3)c2n1. The van der Waals surface area contributed by atoms with Crippen molar-refractivity contribution in [3.8, 4) is 5.88 Å². The molecule has 0 amide bonds. The molecule has 0 radical (unpaired) electrons. The molecule has 1 fully saturated rings. The highest BCUT2D eigenvalue weighted by atomic mass is 35.5. The van der Waals surface area contributed by atoms with Gasteiger partial charge in [0, 0.05) is 24.7 Å². The van der Waals surface area contributed by atoms with Crippen molar-refractivity contribution in [1.29, 1.82) is 0 Å². The van der Waals surface area contributed by atoms with Crippen LogP contribution < -0.4 is 4.74 Å². The van der Waals surface area contributed by atoms with E-state index in [9.17, 15) is 23.1 Å². The van der Waals surface area contributed by atoms with Gasteiger partial charge in [-0.1, -0.05) is 23.7 Å². The summed E-state index contributed by atoms with van der Waals surface area (Å²) in [5.74, 6) is -0.931. The molecule has 0 saturated carbocycles. The van der Waals surface area contributed by atoms with Gasteiger partial charge in [0.25, 0.3) is 0 Å². The summed E-state index contributed by atoms with van der Waals surface area (Å²) in [7, 11) is 0. The Hall–Kier alpha value is -3.74. The summed E-state index contributed by atoms with van der Waals surface area (Å²) in [4.78, 5) is 26.9. The van der Waals surface area contributed by atoms with E-state index in [4.69, 9.17) is 26.1 Å². The molecule has 0 aliphatic carbocycles. The number of benzene rings is 1. The summed E-state index contributed by atoms with van der Waals surface area (Å²) in [6.07, 6.45) is -3.40. The number of fused-ring (bicyclic) bond motifs is 2. The van der Waals surface area contributed by atoms with E-state index in [0.29, 0.717) is 78.0 Å². The van der Waals surface area contributed by atoms with Gasteiger partial charge < -0.3 is 19.1 Å². The lowest BCUT2D eigenvalue weighted by atomic mass is 10.0. The number of nitrogens with zero attached hydrogens (tertiary/aromatic N) is 5. The van der Waals surface area contributed by atoms with Crippen molar-refractivity contribution in [2.75, 3.05) is 13.2 Å². The number of aromatic nitrogens is 4. The molecule has 2 aliphatic heterocycles. The van der Waals surface area contributed by atoms with Crippen LogP contribution in [0.1, 0.15) is 45.1 Å². The maximum atomic E-state index is 13.9. The maximum absolute atomic E-state index is 13.9. The number of ether oxygens (including phenoxy) is 2. The summed E-state index contributed by atoms with van der Waals surface area (Å²) in [6.45, 7) is 2.21. The number of rotatable bonds is 8. The third-order valence-electron chi connectivity index (χ3n) is 7.26. The van der Waals surface area contributed by atoms with E-state index in [2.05, 4.69) is 9.97 Å². The minimum atomic E-state index is -4.62. The van der Waals surface area contributed by atoms with Crippen molar-refractivity contribution in [1.82, 2.24) is 24.4 Å². The van der Waals surface area contributed by atoms with Gasteiger partial charge in [0.1, 0.15) is 23.5 Å². The predicted octanol–water partition coefficient (Wildman–Crippen LogP) is 5.12. The molecule has 41 heavy (non-hydrogen) atoms. The van der Waals surface area contributed by atoms with Crippen LogP contribution in [0.2, 0.25) is 5.02 Å². The lowest BCUT2D eigenvalue weighted by Crippen LogP contribution is -2.34. The van der Waals surface area contributed by atoms with Crippen LogP contribution in [0.4, 0.5) is 13.2 Å². The molecule has 6 rings (SSSR count). The van der Waals surface area contributed by atoms with Crippen LogP contribution in [0.15, 0.2) is 42.5 Å². The van der Waals surface area contributed by atoms with E-state index in [1.54, 1.807) is 30.3 Å². The van der Waals surface area contributed by atoms with E-state index in [0.717, 1.165) is 12.5 Å². The van der Waals surface area contributed by atoms with Crippen molar-refractivity contribution in [2.24, 2.45) is 0 Å². The molecule has 1 N–H and O–H groups in total. The quantitative estimate of drug-likeness (QED) is 0.303. The first-order chi connectivity index (χ1) is 19.6. The highest BCUT2D eigenvalue weighted by Crippen LogP contribution is 2.38. The molecule has 1 atom stereocenters. The molecular weight excluding hydrogens is 563 g/mol. The fourth-order valence-corrected chi connectivity index (χ4v) is 5.12. The summed E-state index contributed by atoms with van der Waals surface area (Å²) < 4.78 is 54.8. The van der Waals surface area contributed by atoms with Gasteiger partial charge in [-0.3, -0.25) is 4.90 Å². The molecule has 2 aliphatic rings. The first kappa shape index (κ1) is 27.4. The zero-order chi connectivity index (χ0) is 28.7. The van der Waals surface area contributed by atoms with Crippen molar-refractivity contribution in [3.05, 3.63) is 81.4 Å². The van der Waals surface area contributed by atoms with Gasteiger partial charge in [0.05, 0.1) is 24.9 Å². The van der Waals surface area contributed by atoms with E-state index >= 15 is 0 Å². The van der Waals surface area contributed by atoms with Gasteiger partial charge in [-0.05, 0) is 54.3 Å². The lowest BCUT2D eigenvalue weighted by molar-refractivity contribution is -0.139. The minimum absolute atomic E-state index is 0.0219. The first-order valence-corrected chi connectivity index (χ1v) is 13.4. The Bertz CT molecular complexity index is 1610. The van der Waals surface area contributed by atoms with Gasteiger partial charge >= 0.3 is 12.1 Å². The molecule has 4 aromatic rings. The zero-order valence-corrected chi connectivity index (χ0v) is 22.5. The van der Waals surface area contributed by atoms with Gasteiger partial charge in [0.2, 0.25) is 5.88 Å². The molecule has 0 unspecified atom stereocenters. The number of alkyl halides is 3. The van der Waals surface area contributed by atoms with Crippen LogP contribution in [0, 0.1) is 0 Å². The van der Waals surface area contributed by atoms with Crippen LogP contribution in [0.3, 0.4) is 0 Å². The average Bonchev–Trinajstić information content (AvgIpc) is 3.25. The average molecular weight is 588 g/mol. The topological polar surface area (TPSA) is 103 Å². The van der Waals surface area contributed by atoms with Gasteiger partial charge in [-0.15, -0.1) is 0 Å². The first-order valence-electron chi connectivity index (χ1n) is 13.0. The number of hydrogen-bond acceptors (Lipinski definition) is 7. The summed E-state index contributed by atoms with van der Waals surface area (Å²) in [6, 6.07) is 10.8. The van der Waals surface area contributed by atoms with Crippen LogP contribution in [0.5, 0.6) is 5.88 Å². The lowest BCUT2D eigenvalue weighted by Gasteiger charge is -2.30. The fraction of sp³-hybridized carbons (Fsp3) is 0.357. The Morgan fingerprint density at radius 2 is 1.93 bits per heavy atom. The predicted molar refractivity (Wildman–Crippen MR) is 142 cm³/mol. The van der Waals surface area contributed by atoms with E-state index in [-0.39, 0.29) is 18.4 Å². The Morgan fingerprint density at radius 1 is 1.15 bits per heavy atom. The molecule has 9 nitrogen and oxygen atoms in total. The Labute approximate surface area is 237 Å². The second-order valence-corrected chi connectivity index (χ2v) is 10.5. The van der Waals surface area contributed by atoms with Crippen LogP contribution >= 0.6 is 11.6 Å². The largest absolute Gasteiger partial charge is 0.477 e. The number of imidazole rings is 1. The van der Waals surface area contributed by atoms with Crippen molar-refractivity contribution in [3.63, 3.8) is 0 Å². The molecule has 0 bridgehead atoms. The molecule has 1 saturated heterocycles. The number of carboxylic acids is 1. The summed E-state index contributed by atoms with van der Waals surface area (Å²) >= 11 is 5.91.